The van der Waals surface area contributed by atoms with Crippen molar-refractivity contribution in [3.8, 4) is 5.75 Å². The summed E-state index contributed by atoms with van der Waals surface area (Å²) in [5.41, 5.74) is 7.62. The molecule has 0 aliphatic heterocycles. The second-order valence-corrected chi connectivity index (χ2v) is 6.05. The molecule has 0 fully saturated rings. The Balaban J connectivity index is 2.21. The van der Waals surface area contributed by atoms with Crippen LogP contribution in [0.25, 0.3) is 0 Å². The van der Waals surface area contributed by atoms with Crippen LogP contribution in [0.15, 0.2) is 35.7 Å². The highest BCUT2D eigenvalue weighted by Gasteiger charge is 2.17. The van der Waals surface area contributed by atoms with E-state index < -0.39 is 0 Å². The van der Waals surface area contributed by atoms with Crippen LogP contribution in [-0.4, -0.2) is 6.61 Å². The number of ether oxygens (including phenoxy) is 1. The topological polar surface area (TPSA) is 47.3 Å². The molecule has 108 valence electrons. The molecule has 0 spiro atoms. The second kappa shape index (κ2) is 6.66. The first-order valence-corrected chi connectivity index (χ1v) is 7.82. The van der Waals surface area contributed by atoms with Crippen LogP contribution in [0.3, 0.4) is 0 Å². The van der Waals surface area contributed by atoms with Gasteiger partial charge >= 0.3 is 0 Å². The van der Waals surface area contributed by atoms with Crippen LogP contribution >= 0.6 is 11.3 Å². The summed E-state index contributed by atoms with van der Waals surface area (Å²) in [5, 5.41) is 5.69. The molecule has 1 aromatic heterocycles. The van der Waals surface area contributed by atoms with E-state index in [9.17, 15) is 0 Å². The average molecular weight is 290 g/mol. The maximum atomic E-state index is 5.91. The van der Waals surface area contributed by atoms with Crippen molar-refractivity contribution < 1.29 is 4.74 Å². The van der Waals surface area contributed by atoms with Gasteiger partial charge in [0.2, 0.25) is 0 Å². The van der Waals surface area contributed by atoms with Crippen LogP contribution in [0.2, 0.25) is 0 Å². The first kappa shape index (κ1) is 14.7. The van der Waals surface area contributed by atoms with Gasteiger partial charge in [-0.2, -0.15) is 0 Å². The number of rotatable bonds is 6. The monoisotopic (exact) mass is 290 g/mol. The number of anilines is 2. The molecule has 1 aromatic carbocycles. The zero-order chi connectivity index (χ0) is 14.5. The number of nitrogens with one attached hydrogen (secondary N) is 1. The molecule has 1 heterocycles. The molecule has 4 heteroatoms. The standard InChI is InChI=1S/C16H22N2OS/c1-4-19-14-10-12(7-8-13(14)17)18-16(11(2)3)15-6-5-9-20-15/h5-11,16,18H,4,17H2,1-3H3. The van der Waals surface area contributed by atoms with E-state index in [0.29, 0.717) is 24.3 Å². The Labute approximate surface area is 124 Å². The van der Waals surface area contributed by atoms with Crippen molar-refractivity contribution in [3.63, 3.8) is 0 Å². The predicted octanol–water partition coefficient (Wildman–Crippen LogP) is 4.54. The molecule has 0 saturated heterocycles. The summed E-state index contributed by atoms with van der Waals surface area (Å²) in [6.45, 7) is 7.02. The molecule has 3 N–H and O–H groups in total. The second-order valence-electron chi connectivity index (χ2n) is 5.07. The Hall–Kier alpha value is -1.68. The van der Waals surface area contributed by atoms with Crippen LogP contribution in [-0.2, 0) is 0 Å². The fourth-order valence-electron chi connectivity index (χ4n) is 2.12. The van der Waals surface area contributed by atoms with E-state index in [0.717, 1.165) is 11.4 Å². The Morgan fingerprint density at radius 2 is 2.10 bits per heavy atom. The van der Waals surface area contributed by atoms with Gasteiger partial charge in [0, 0.05) is 16.6 Å². The molecule has 2 aromatic rings. The van der Waals surface area contributed by atoms with E-state index >= 15 is 0 Å². The lowest BCUT2D eigenvalue weighted by atomic mass is 10.0. The van der Waals surface area contributed by atoms with Crippen LogP contribution in [0.4, 0.5) is 11.4 Å². The smallest absolute Gasteiger partial charge is 0.144 e. The van der Waals surface area contributed by atoms with Crippen molar-refractivity contribution in [1.29, 1.82) is 0 Å². The third-order valence-electron chi connectivity index (χ3n) is 3.15. The first-order chi connectivity index (χ1) is 9.61. The van der Waals surface area contributed by atoms with Gasteiger partial charge in [-0.25, -0.2) is 0 Å². The molecule has 2 rings (SSSR count). The largest absolute Gasteiger partial charge is 0.492 e. The van der Waals surface area contributed by atoms with Crippen molar-refractivity contribution in [1.82, 2.24) is 0 Å². The molecular weight excluding hydrogens is 268 g/mol. The summed E-state index contributed by atoms with van der Waals surface area (Å²) in [6.07, 6.45) is 0. The highest BCUT2D eigenvalue weighted by atomic mass is 32.1. The van der Waals surface area contributed by atoms with Crippen molar-refractivity contribution in [3.05, 3.63) is 40.6 Å². The van der Waals surface area contributed by atoms with Gasteiger partial charge in [-0.15, -0.1) is 11.3 Å². The van der Waals surface area contributed by atoms with E-state index in [1.807, 2.05) is 25.1 Å². The first-order valence-electron chi connectivity index (χ1n) is 6.94. The lowest BCUT2D eigenvalue weighted by molar-refractivity contribution is 0.342. The molecule has 0 aliphatic rings. The molecule has 1 atom stereocenters. The number of hydrogen-bond donors (Lipinski definition) is 2. The van der Waals surface area contributed by atoms with E-state index in [1.165, 1.54) is 4.88 Å². The average Bonchev–Trinajstić information content (AvgIpc) is 2.93. The molecule has 0 saturated carbocycles. The number of nitrogen functional groups attached to an aromatic ring is 1. The Bertz CT molecular complexity index is 537. The zero-order valence-corrected chi connectivity index (χ0v) is 13.0. The summed E-state index contributed by atoms with van der Waals surface area (Å²) in [6, 6.07) is 10.4. The summed E-state index contributed by atoms with van der Waals surface area (Å²) in [7, 11) is 0. The van der Waals surface area contributed by atoms with E-state index in [-0.39, 0.29) is 0 Å². The maximum Gasteiger partial charge on any atom is 0.144 e. The quantitative estimate of drug-likeness (QED) is 0.768. The summed E-state index contributed by atoms with van der Waals surface area (Å²) < 4.78 is 5.55. The highest BCUT2D eigenvalue weighted by molar-refractivity contribution is 7.10. The van der Waals surface area contributed by atoms with Crippen LogP contribution < -0.4 is 15.8 Å². The van der Waals surface area contributed by atoms with Crippen molar-refractivity contribution in [2.75, 3.05) is 17.7 Å². The third-order valence-corrected chi connectivity index (χ3v) is 4.11. The summed E-state index contributed by atoms with van der Waals surface area (Å²) in [4.78, 5) is 1.34. The predicted molar refractivity (Wildman–Crippen MR) is 87.5 cm³/mol. The molecule has 3 nitrogen and oxygen atoms in total. The lowest BCUT2D eigenvalue weighted by Gasteiger charge is -2.23. The molecule has 20 heavy (non-hydrogen) atoms. The summed E-state index contributed by atoms with van der Waals surface area (Å²) >= 11 is 1.78. The van der Waals surface area contributed by atoms with Gasteiger partial charge in [0.25, 0.3) is 0 Å². The fraction of sp³-hybridized carbons (Fsp3) is 0.375. The zero-order valence-electron chi connectivity index (χ0n) is 12.2. The van der Waals surface area contributed by atoms with Gasteiger partial charge in [0.15, 0.2) is 0 Å². The van der Waals surface area contributed by atoms with Crippen LogP contribution in [0, 0.1) is 5.92 Å². The third kappa shape index (κ3) is 3.45. The van der Waals surface area contributed by atoms with Crippen molar-refractivity contribution in [2.45, 2.75) is 26.8 Å². The Morgan fingerprint density at radius 3 is 2.70 bits per heavy atom. The molecule has 0 aliphatic carbocycles. The van der Waals surface area contributed by atoms with Gasteiger partial charge in [-0.05, 0) is 36.4 Å². The molecule has 0 radical (unpaired) electrons. The number of benzene rings is 1. The Kier molecular flexibility index (Phi) is 4.90. The van der Waals surface area contributed by atoms with E-state index in [2.05, 4.69) is 36.7 Å². The van der Waals surface area contributed by atoms with Crippen LogP contribution in [0.5, 0.6) is 5.75 Å². The van der Waals surface area contributed by atoms with E-state index in [1.54, 1.807) is 11.3 Å². The highest BCUT2D eigenvalue weighted by Crippen LogP contribution is 2.32. The fourth-order valence-corrected chi connectivity index (χ4v) is 3.07. The minimum Gasteiger partial charge on any atom is -0.492 e. The molecule has 1 unspecified atom stereocenters. The lowest BCUT2D eigenvalue weighted by Crippen LogP contribution is -2.15. The van der Waals surface area contributed by atoms with E-state index in [4.69, 9.17) is 10.5 Å². The molecular formula is C16H22N2OS. The minimum atomic E-state index is 0.299. The van der Waals surface area contributed by atoms with Crippen LogP contribution in [0.1, 0.15) is 31.7 Å². The van der Waals surface area contributed by atoms with Gasteiger partial charge in [-0.3, -0.25) is 0 Å². The maximum absolute atomic E-state index is 5.91. The number of thiophene rings is 1. The number of hydrogen-bond acceptors (Lipinski definition) is 4. The SMILES string of the molecule is CCOc1cc(NC(c2cccs2)C(C)C)ccc1N. The normalized spacial score (nSPS) is 12.4. The van der Waals surface area contributed by atoms with Gasteiger partial charge in [0.1, 0.15) is 5.75 Å². The number of nitrogens with two attached hydrogens (primary N) is 1. The summed E-state index contributed by atoms with van der Waals surface area (Å²) in [5.74, 6) is 1.24. The van der Waals surface area contributed by atoms with Gasteiger partial charge in [0.05, 0.1) is 18.3 Å². The van der Waals surface area contributed by atoms with Gasteiger partial charge in [-0.1, -0.05) is 19.9 Å². The molecule has 0 amide bonds. The van der Waals surface area contributed by atoms with Gasteiger partial charge < -0.3 is 15.8 Å². The Morgan fingerprint density at radius 1 is 1.30 bits per heavy atom. The van der Waals surface area contributed by atoms with Crippen molar-refractivity contribution >= 4 is 22.7 Å². The minimum absolute atomic E-state index is 0.299. The molecule has 0 bridgehead atoms. The van der Waals surface area contributed by atoms with Crippen molar-refractivity contribution in [2.24, 2.45) is 5.92 Å².